The van der Waals surface area contributed by atoms with Gasteiger partial charge in [0.05, 0.1) is 18.0 Å². The van der Waals surface area contributed by atoms with Crippen molar-refractivity contribution < 1.29 is 22.7 Å². The third-order valence-electron chi connectivity index (χ3n) is 5.30. The maximum atomic E-state index is 13.3. The molecule has 2 aromatic carbocycles. The fraction of sp³-hybridized carbons (Fsp3) is 0.391. The lowest BCUT2D eigenvalue weighted by molar-refractivity contribution is -0.140. The largest absolute Gasteiger partial charge is 0.360 e. The van der Waals surface area contributed by atoms with Crippen LogP contribution in [0.25, 0.3) is 0 Å². The molecule has 3 rings (SSSR count). The first-order valence-corrected chi connectivity index (χ1v) is 11.9. The first-order valence-electron chi connectivity index (χ1n) is 10.5. The lowest BCUT2D eigenvalue weighted by Crippen LogP contribution is -2.53. The molecule has 1 heterocycles. The normalized spacial score (nSPS) is 17.0. The fourth-order valence-corrected chi connectivity index (χ4v) is 5.32. The molecule has 8 nitrogen and oxygen atoms in total. The van der Waals surface area contributed by atoms with Crippen molar-refractivity contribution >= 4 is 21.8 Å². The lowest BCUT2D eigenvalue weighted by Gasteiger charge is -2.35. The zero-order valence-corrected chi connectivity index (χ0v) is 19.4. The molecule has 1 aliphatic rings. The van der Waals surface area contributed by atoms with Crippen molar-refractivity contribution in [2.45, 2.75) is 44.9 Å². The number of rotatable bonds is 6. The molecule has 0 aromatic heterocycles. The molecule has 0 unspecified atom stereocenters. The molecule has 0 radical (unpaired) electrons. The Morgan fingerprint density at radius 2 is 1.66 bits per heavy atom. The van der Waals surface area contributed by atoms with Crippen molar-refractivity contribution in [2.75, 3.05) is 19.7 Å². The summed E-state index contributed by atoms with van der Waals surface area (Å²) in [6, 6.07) is 12.8. The Kier molecular flexibility index (Phi) is 7.65. The Labute approximate surface area is 189 Å². The predicted octanol–water partition coefficient (Wildman–Crippen LogP) is 1.78. The molecule has 2 aromatic rings. The van der Waals surface area contributed by atoms with Crippen LogP contribution in [0.1, 0.15) is 28.7 Å². The van der Waals surface area contributed by atoms with E-state index < -0.39 is 28.1 Å². The molecule has 1 fully saturated rings. The van der Waals surface area contributed by atoms with E-state index in [2.05, 4.69) is 10.6 Å². The van der Waals surface area contributed by atoms with E-state index in [-0.39, 0.29) is 24.5 Å². The molecule has 1 atom stereocenters. The number of hydrogen-bond acceptors (Lipinski definition) is 5. The van der Waals surface area contributed by atoms with E-state index in [4.69, 9.17) is 4.74 Å². The van der Waals surface area contributed by atoms with E-state index in [1.54, 1.807) is 19.1 Å². The van der Waals surface area contributed by atoms with E-state index in [9.17, 15) is 18.0 Å². The number of aryl methyl sites for hydroxylation is 3. The summed E-state index contributed by atoms with van der Waals surface area (Å²) in [5.41, 5.74) is 3.45. The minimum atomic E-state index is -3.83. The molecular formula is C23H29N3O5S. The fourth-order valence-electron chi connectivity index (χ4n) is 3.44. The molecule has 2 amide bonds. The predicted molar refractivity (Wildman–Crippen MR) is 120 cm³/mol. The molecule has 1 aliphatic heterocycles. The van der Waals surface area contributed by atoms with Crippen LogP contribution in [0.3, 0.4) is 0 Å². The van der Waals surface area contributed by atoms with Crippen LogP contribution in [0.15, 0.2) is 47.4 Å². The molecule has 0 saturated carbocycles. The summed E-state index contributed by atoms with van der Waals surface area (Å²) in [4.78, 5) is 24.6. The first-order chi connectivity index (χ1) is 15.2. The van der Waals surface area contributed by atoms with Crippen LogP contribution in [0.2, 0.25) is 0 Å². The van der Waals surface area contributed by atoms with E-state index in [1.807, 2.05) is 44.2 Å². The lowest BCUT2D eigenvalue weighted by atomic mass is 10.1. The SMILES string of the molecule is Cc1ccc(CNC(=O)C(=O)NC[C@@H]2OCCCN2S(=O)(=O)c2cc(C)ccc2C)cc1. The summed E-state index contributed by atoms with van der Waals surface area (Å²) in [5, 5.41) is 5.06. The van der Waals surface area contributed by atoms with Gasteiger partial charge >= 0.3 is 11.8 Å². The highest BCUT2D eigenvalue weighted by molar-refractivity contribution is 7.89. The average molecular weight is 460 g/mol. The van der Waals surface area contributed by atoms with E-state index in [0.717, 1.165) is 16.7 Å². The quantitative estimate of drug-likeness (QED) is 0.641. The molecule has 9 heteroatoms. The van der Waals surface area contributed by atoms with Crippen LogP contribution in [0.5, 0.6) is 0 Å². The molecule has 172 valence electrons. The highest BCUT2D eigenvalue weighted by Crippen LogP contribution is 2.25. The van der Waals surface area contributed by atoms with Gasteiger partial charge in [-0.1, -0.05) is 42.0 Å². The van der Waals surface area contributed by atoms with Crippen molar-refractivity contribution in [2.24, 2.45) is 0 Å². The van der Waals surface area contributed by atoms with E-state index in [0.29, 0.717) is 18.6 Å². The Morgan fingerprint density at radius 1 is 1.00 bits per heavy atom. The summed E-state index contributed by atoms with van der Waals surface area (Å²) < 4.78 is 33.5. The van der Waals surface area contributed by atoms with Gasteiger partial charge in [0, 0.05) is 13.1 Å². The minimum absolute atomic E-state index is 0.124. The second kappa shape index (κ2) is 10.2. The maximum Gasteiger partial charge on any atom is 0.309 e. The standard InChI is InChI=1S/C23H29N3O5S/c1-16-6-9-19(10-7-16)14-24-22(27)23(28)25-15-21-26(11-4-12-31-21)32(29,30)20-13-17(2)5-8-18(20)3/h5-10,13,21H,4,11-12,14-15H2,1-3H3,(H,24,27)(H,25,28)/t21-/m0/s1. The number of ether oxygens (including phenoxy) is 1. The van der Waals surface area contributed by atoms with Gasteiger partial charge in [0.15, 0.2) is 0 Å². The first kappa shape index (κ1) is 23.9. The average Bonchev–Trinajstić information content (AvgIpc) is 2.78. The number of hydrogen-bond donors (Lipinski definition) is 2. The van der Waals surface area contributed by atoms with Gasteiger partial charge in [-0.05, 0) is 49.9 Å². The summed E-state index contributed by atoms with van der Waals surface area (Å²) in [6.07, 6.45) is -0.339. The van der Waals surface area contributed by atoms with Gasteiger partial charge < -0.3 is 15.4 Å². The zero-order valence-electron chi connectivity index (χ0n) is 18.6. The molecule has 2 N–H and O–H groups in total. The topological polar surface area (TPSA) is 105 Å². The minimum Gasteiger partial charge on any atom is -0.360 e. The van der Waals surface area contributed by atoms with Crippen molar-refractivity contribution in [1.29, 1.82) is 0 Å². The van der Waals surface area contributed by atoms with Crippen molar-refractivity contribution in [3.05, 3.63) is 64.7 Å². The highest BCUT2D eigenvalue weighted by Gasteiger charge is 2.35. The molecule has 0 spiro atoms. The van der Waals surface area contributed by atoms with Gasteiger partial charge in [-0.3, -0.25) is 9.59 Å². The summed E-state index contributed by atoms with van der Waals surface area (Å²) in [7, 11) is -3.83. The van der Waals surface area contributed by atoms with Crippen LogP contribution >= 0.6 is 0 Å². The smallest absolute Gasteiger partial charge is 0.309 e. The third kappa shape index (κ3) is 5.73. The number of sulfonamides is 1. The van der Waals surface area contributed by atoms with Gasteiger partial charge in [-0.15, -0.1) is 0 Å². The molecule has 0 aliphatic carbocycles. The van der Waals surface area contributed by atoms with Crippen LogP contribution in [0.4, 0.5) is 0 Å². The number of nitrogens with one attached hydrogen (secondary N) is 2. The number of benzene rings is 2. The highest BCUT2D eigenvalue weighted by atomic mass is 32.2. The number of nitrogens with zero attached hydrogens (tertiary/aromatic N) is 1. The Balaban J connectivity index is 1.62. The van der Waals surface area contributed by atoms with Crippen molar-refractivity contribution in [1.82, 2.24) is 14.9 Å². The van der Waals surface area contributed by atoms with E-state index in [1.165, 1.54) is 4.31 Å². The monoisotopic (exact) mass is 459 g/mol. The van der Waals surface area contributed by atoms with Gasteiger partial charge in [0.25, 0.3) is 0 Å². The van der Waals surface area contributed by atoms with Crippen LogP contribution in [-0.4, -0.2) is 50.5 Å². The second-order valence-electron chi connectivity index (χ2n) is 7.94. The number of carbonyl (C=O) groups excluding carboxylic acids is 2. The van der Waals surface area contributed by atoms with Gasteiger partial charge in [-0.25, -0.2) is 8.42 Å². The van der Waals surface area contributed by atoms with Crippen molar-refractivity contribution in [3.63, 3.8) is 0 Å². The molecule has 32 heavy (non-hydrogen) atoms. The Hall–Kier alpha value is -2.75. The summed E-state index contributed by atoms with van der Waals surface area (Å²) in [6.45, 7) is 6.28. The molecular weight excluding hydrogens is 430 g/mol. The van der Waals surface area contributed by atoms with Crippen LogP contribution < -0.4 is 10.6 Å². The van der Waals surface area contributed by atoms with E-state index >= 15 is 0 Å². The Bertz CT molecular complexity index is 1080. The maximum absolute atomic E-state index is 13.3. The van der Waals surface area contributed by atoms with Crippen LogP contribution in [0, 0.1) is 20.8 Å². The zero-order chi connectivity index (χ0) is 23.3. The summed E-state index contributed by atoms with van der Waals surface area (Å²) >= 11 is 0. The number of amides is 2. The van der Waals surface area contributed by atoms with Gasteiger partial charge in [0.1, 0.15) is 6.23 Å². The van der Waals surface area contributed by atoms with Gasteiger partial charge in [-0.2, -0.15) is 4.31 Å². The van der Waals surface area contributed by atoms with Gasteiger partial charge in [0.2, 0.25) is 10.0 Å². The summed E-state index contributed by atoms with van der Waals surface area (Å²) in [5.74, 6) is -1.62. The molecule has 1 saturated heterocycles. The van der Waals surface area contributed by atoms with Crippen LogP contribution in [-0.2, 0) is 30.9 Å². The van der Waals surface area contributed by atoms with Crippen molar-refractivity contribution in [3.8, 4) is 0 Å². The Morgan fingerprint density at radius 3 is 2.38 bits per heavy atom. The second-order valence-corrected chi connectivity index (χ2v) is 9.80. The third-order valence-corrected chi connectivity index (χ3v) is 7.33. The molecule has 0 bridgehead atoms. The number of carbonyl (C=O) groups is 2.